The van der Waals surface area contributed by atoms with Crippen LogP contribution in [0.15, 0.2) is 60.8 Å². The zero-order valence-electron chi connectivity index (χ0n) is 16.1. The van der Waals surface area contributed by atoms with Crippen LogP contribution >= 0.6 is 0 Å². The molecule has 144 valence electrons. The number of nitrogens with zero attached hydrogens (tertiary/aromatic N) is 1. The van der Waals surface area contributed by atoms with E-state index in [2.05, 4.69) is 10.3 Å². The lowest BCUT2D eigenvalue weighted by Crippen LogP contribution is -2.14. The minimum atomic E-state index is -0.537. The van der Waals surface area contributed by atoms with Gasteiger partial charge in [0.2, 0.25) is 0 Å². The van der Waals surface area contributed by atoms with Gasteiger partial charge in [-0.3, -0.25) is 9.78 Å². The molecule has 0 aliphatic heterocycles. The Labute approximate surface area is 164 Å². The van der Waals surface area contributed by atoms with Gasteiger partial charge in [0.15, 0.2) is 0 Å². The molecule has 1 amide bonds. The van der Waals surface area contributed by atoms with E-state index in [9.17, 15) is 9.90 Å². The number of methoxy groups -OCH3 is 1. The van der Waals surface area contributed by atoms with Crippen molar-refractivity contribution in [2.24, 2.45) is 0 Å². The molecule has 5 nitrogen and oxygen atoms in total. The third-order valence-corrected chi connectivity index (χ3v) is 4.47. The van der Waals surface area contributed by atoms with E-state index < -0.39 is 6.10 Å². The SMILES string of the molecule is CCCC(O)/C=C/c1ccc(OC)cc1C(=O)Nc1cccc2cccnc12. The topological polar surface area (TPSA) is 71.5 Å². The maximum absolute atomic E-state index is 13.0. The number of amides is 1. The molecule has 0 radical (unpaired) electrons. The standard InChI is InChI=1S/C23H24N2O3/c1-3-6-18(26)12-10-16-11-13-19(28-2)15-20(16)23(27)25-21-9-4-7-17-8-5-14-24-22(17)21/h4-5,7-15,18,26H,3,6H2,1-2H3,(H,25,27)/b12-10+. The minimum Gasteiger partial charge on any atom is -0.497 e. The largest absolute Gasteiger partial charge is 0.497 e. The summed E-state index contributed by atoms with van der Waals surface area (Å²) in [5.74, 6) is 0.328. The highest BCUT2D eigenvalue weighted by atomic mass is 16.5. The number of pyridine rings is 1. The van der Waals surface area contributed by atoms with E-state index in [0.717, 1.165) is 17.3 Å². The Hall–Kier alpha value is -3.18. The van der Waals surface area contributed by atoms with Crippen molar-refractivity contribution in [1.29, 1.82) is 0 Å². The van der Waals surface area contributed by atoms with Gasteiger partial charge in [0.05, 0.1) is 30.0 Å². The fraction of sp³-hybridized carbons (Fsp3) is 0.217. The smallest absolute Gasteiger partial charge is 0.256 e. The quantitative estimate of drug-likeness (QED) is 0.629. The van der Waals surface area contributed by atoms with Crippen molar-refractivity contribution >= 4 is 28.6 Å². The monoisotopic (exact) mass is 376 g/mol. The van der Waals surface area contributed by atoms with Gasteiger partial charge < -0.3 is 15.2 Å². The predicted molar refractivity (Wildman–Crippen MR) is 113 cm³/mol. The second-order valence-corrected chi connectivity index (χ2v) is 6.50. The number of aliphatic hydroxyl groups is 1. The van der Waals surface area contributed by atoms with Crippen molar-refractivity contribution in [2.45, 2.75) is 25.9 Å². The van der Waals surface area contributed by atoms with Crippen LogP contribution in [0.3, 0.4) is 0 Å². The number of rotatable bonds is 7. The first-order valence-corrected chi connectivity index (χ1v) is 9.31. The number of hydrogen-bond donors (Lipinski definition) is 2. The number of aromatic nitrogens is 1. The van der Waals surface area contributed by atoms with E-state index in [-0.39, 0.29) is 5.91 Å². The molecular weight excluding hydrogens is 352 g/mol. The summed E-state index contributed by atoms with van der Waals surface area (Å²) in [5.41, 5.74) is 2.55. The Balaban J connectivity index is 1.93. The fourth-order valence-electron chi connectivity index (χ4n) is 3.01. The van der Waals surface area contributed by atoms with Crippen LogP contribution in [0.5, 0.6) is 5.75 Å². The molecule has 1 heterocycles. The highest BCUT2D eigenvalue weighted by molar-refractivity contribution is 6.10. The minimum absolute atomic E-state index is 0.262. The molecule has 0 bridgehead atoms. The number of nitrogens with one attached hydrogen (secondary N) is 1. The maximum Gasteiger partial charge on any atom is 0.256 e. The van der Waals surface area contributed by atoms with Crippen molar-refractivity contribution in [3.8, 4) is 5.75 Å². The highest BCUT2D eigenvalue weighted by Crippen LogP contribution is 2.24. The molecule has 1 unspecified atom stereocenters. The summed E-state index contributed by atoms with van der Waals surface area (Å²) in [7, 11) is 1.56. The average Bonchev–Trinajstić information content (AvgIpc) is 2.72. The summed E-state index contributed by atoms with van der Waals surface area (Å²) in [4.78, 5) is 17.4. The lowest BCUT2D eigenvalue weighted by molar-refractivity contribution is 0.102. The molecule has 2 N–H and O–H groups in total. The van der Waals surface area contributed by atoms with E-state index in [1.165, 1.54) is 0 Å². The first kappa shape index (κ1) is 19.6. The normalized spacial score (nSPS) is 12.2. The Kier molecular flexibility index (Phi) is 6.40. The fourth-order valence-corrected chi connectivity index (χ4v) is 3.01. The summed E-state index contributed by atoms with van der Waals surface area (Å²) >= 11 is 0. The van der Waals surface area contributed by atoms with Gasteiger partial charge in [-0.15, -0.1) is 0 Å². The third kappa shape index (κ3) is 4.56. The molecule has 5 heteroatoms. The third-order valence-electron chi connectivity index (χ3n) is 4.47. The zero-order valence-corrected chi connectivity index (χ0v) is 16.1. The van der Waals surface area contributed by atoms with Crippen LogP contribution in [0, 0.1) is 0 Å². The van der Waals surface area contributed by atoms with Crippen LogP contribution in [0.25, 0.3) is 17.0 Å². The van der Waals surface area contributed by atoms with Crippen molar-refractivity contribution in [1.82, 2.24) is 4.98 Å². The molecule has 0 saturated heterocycles. The number of benzene rings is 2. The van der Waals surface area contributed by atoms with Crippen molar-refractivity contribution in [2.75, 3.05) is 12.4 Å². The van der Waals surface area contributed by atoms with E-state index in [1.54, 1.807) is 37.6 Å². The van der Waals surface area contributed by atoms with E-state index in [0.29, 0.717) is 29.0 Å². The van der Waals surface area contributed by atoms with Crippen molar-refractivity contribution < 1.29 is 14.6 Å². The van der Waals surface area contributed by atoms with Gasteiger partial charge in [0.1, 0.15) is 5.75 Å². The molecule has 2 aromatic carbocycles. The number of para-hydroxylation sites is 1. The summed E-state index contributed by atoms with van der Waals surface area (Å²) < 4.78 is 5.28. The molecule has 0 spiro atoms. The number of hydrogen-bond acceptors (Lipinski definition) is 4. The summed E-state index contributed by atoms with van der Waals surface area (Å²) in [6.45, 7) is 2.02. The summed E-state index contributed by atoms with van der Waals surface area (Å²) in [5, 5.41) is 13.9. The number of carbonyl (C=O) groups excluding carboxylic acids is 1. The molecule has 3 rings (SSSR count). The highest BCUT2D eigenvalue weighted by Gasteiger charge is 2.14. The Morgan fingerprint density at radius 3 is 2.86 bits per heavy atom. The molecule has 0 fully saturated rings. The van der Waals surface area contributed by atoms with Gasteiger partial charge in [0, 0.05) is 11.6 Å². The lowest BCUT2D eigenvalue weighted by atomic mass is 10.0. The van der Waals surface area contributed by atoms with E-state index in [1.807, 2.05) is 43.3 Å². The maximum atomic E-state index is 13.0. The van der Waals surface area contributed by atoms with Crippen LogP contribution in [-0.4, -0.2) is 29.2 Å². The van der Waals surface area contributed by atoms with E-state index >= 15 is 0 Å². The predicted octanol–water partition coefficient (Wildman–Crippen LogP) is 4.67. The summed E-state index contributed by atoms with van der Waals surface area (Å²) in [6.07, 6.45) is 6.21. The first-order valence-electron chi connectivity index (χ1n) is 9.31. The van der Waals surface area contributed by atoms with Crippen molar-refractivity contribution in [3.63, 3.8) is 0 Å². The van der Waals surface area contributed by atoms with Gasteiger partial charge in [-0.25, -0.2) is 0 Å². The Bertz CT molecular complexity index is 993. The molecule has 0 aliphatic rings. The zero-order chi connectivity index (χ0) is 19.9. The molecule has 1 atom stereocenters. The first-order chi connectivity index (χ1) is 13.6. The number of anilines is 1. The molecule has 28 heavy (non-hydrogen) atoms. The van der Waals surface area contributed by atoms with Crippen LogP contribution in [0.4, 0.5) is 5.69 Å². The van der Waals surface area contributed by atoms with Crippen LogP contribution in [-0.2, 0) is 0 Å². The van der Waals surface area contributed by atoms with E-state index in [4.69, 9.17) is 4.74 Å². The number of carbonyl (C=O) groups is 1. The van der Waals surface area contributed by atoms with Gasteiger partial charge in [-0.1, -0.05) is 49.8 Å². The number of ether oxygens (including phenoxy) is 1. The number of aliphatic hydroxyl groups excluding tert-OH is 1. The molecule has 0 aliphatic carbocycles. The lowest BCUT2D eigenvalue weighted by Gasteiger charge is -2.12. The molecule has 1 aromatic heterocycles. The Morgan fingerprint density at radius 1 is 1.25 bits per heavy atom. The van der Waals surface area contributed by atoms with Crippen LogP contribution in [0.2, 0.25) is 0 Å². The average molecular weight is 376 g/mol. The Morgan fingerprint density at radius 2 is 2.07 bits per heavy atom. The molecular formula is C23H24N2O3. The molecule has 0 saturated carbocycles. The van der Waals surface area contributed by atoms with Gasteiger partial charge in [-0.2, -0.15) is 0 Å². The second-order valence-electron chi connectivity index (χ2n) is 6.50. The van der Waals surface area contributed by atoms with Crippen LogP contribution in [0.1, 0.15) is 35.7 Å². The molecule has 3 aromatic rings. The van der Waals surface area contributed by atoms with Gasteiger partial charge >= 0.3 is 0 Å². The van der Waals surface area contributed by atoms with Crippen LogP contribution < -0.4 is 10.1 Å². The van der Waals surface area contributed by atoms with Gasteiger partial charge in [0.25, 0.3) is 5.91 Å². The second kappa shape index (κ2) is 9.15. The van der Waals surface area contributed by atoms with Crippen molar-refractivity contribution in [3.05, 3.63) is 71.9 Å². The summed E-state index contributed by atoms with van der Waals surface area (Å²) in [6, 6.07) is 14.8. The van der Waals surface area contributed by atoms with Gasteiger partial charge in [-0.05, 0) is 36.2 Å². The number of fused-ring (bicyclic) bond motifs is 1.